The summed E-state index contributed by atoms with van der Waals surface area (Å²) in [6.07, 6.45) is 4.86. The van der Waals surface area contributed by atoms with Gasteiger partial charge in [-0.25, -0.2) is 4.79 Å². The summed E-state index contributed by atoms with van der Waals surface area (Å²) in [5, 5.41) is -0.528. The molecule has 1 unspecified atom stereocenters. The summed E-state index contributed by atoms with van der Waals surface area (Å²) in [4.78, 5) is 25.4. The van der Waals surface area contributed by atoms with Gasteiger partial charge >= 0.3 is 5.69 Å². The molecule has 0 fully saturated rings. The van der Waals surface area contributed by atoms with Gasteiger partial charge < -0.3 is 0 Å². The normalized spacial score (nSPS) is 12.7. The average molecular weight is 277 g/mol. The van der Waals surface area contributed by atoms with Crippen LogP contribution in [-0.4, -0.2) is 9.55 Å². The van der Waals surface area contributed by atoms with E-state index in [4.69, 9.17) is 11.6 Å². The summed E-state index contributed by atoms with van der Waals surface area (Å²) in [6, 6.07) is -0.329. The molecule has 0 aromatic carbocycles. The third-order valence-electron chi connectivity index (χ3n) is 2.95. The minimum Gasteiger partial charge on any atom is -0.295 e. The number of unbranched alkanes of at least 4 members (excludes halogenated alkanes) is 3. The van der Waals surface area contributed by atoms with Crippen LogP contribution < -0.4 is 11.2 Å². The van der Waals surface area contributed by atoms with E-state index in [9.17, 15) is 14.0 Å². The lowest BCUT2D eigenvalue weighted by Gasteiger charge is -2.13. The van der Waals surface area contributed by atoms with Crippen LogP contribution in [0, 0.1) is 5.82 Å². The van der Waals surface area contributed by atoms with Crippen molar-refractivity contribution in [2.45, 2.75) is 52.0 Å². The lowest BCUT2D eigenvalue weighted by atomic mass is 10.1. The van der Waals surface area contributed by atoms with Gasteiger partial charge in [-0.05, 0) is 13.3 Å². The zero-order chi connectivity index (χ0) is 13.7. The van der Waals surface area contributed by atoms with E-state index in [0.29, 0.717) is 6.42 Å². The van der Waals surface area contributed by atoms with E-state index >= 15 is 0 Å². The van der Waals surface area contributed by atoms with Gasteiger partial charge in [-0.2, -0.15) is 4.39 Å². The van der Waals surface area contributed by atoms with Crippen LogP contribution in [0.25, 0.3) is 0 Å². The van der Waals surface area contributed by atoms with Crippen LogP contribution in [0.5, 0.6) is 0 Å². The van der Waals surface area contributed by atoms with Gasteiger partial charge in [0.05, 0.1) is 0 Å². The Morgan fingerprint density at radius 3 is 2.61 bits per heavy atom. The second-order valence-electron chi connectivity index (χ2n) is 4.43. The Balaban J connectivity index is 2.86. The fourth-order valence-corrected chi connectivity index (χ4v) is 2.06. The Morgan fingerprint density at radius 1 is 1.33 bits per heavy atom. The summed E-state index contributed by atoms with van der Waals surface area (Å²) in [6.45, 7) is 3.84. The van der Waals surface area contributed by atoms with Gasteiger partial charge in [0.1, 0.15) is 0 Å². The van der Waals surface area contributed by atoms with Crippen LogP contribution in [0.15, 0.2) is 9.59 Å². The quantitative estimate of drug-likeness (QED) is 0.642. The van der Waals surface area contributed by atoms with Crippen molar-refractivity contribution in [2.75, 3.05) is 0 Å². The topological polar surface area (TPSA) is 54.9 Å². The Kier molecular flexibility index (Phi) is 5.59. The number of nitrogens with one attached hydrogen (secondary N) is 1. The van der Waals surface area contributed by atoms with Crippen molar-refractivity contribution in [1.29, 1.82) is 0 Å². The molecule has 0 aliphatic rings. The molecule has 0 aliphatic heterocycles. The monoisotopic (exact) mass is 276 g/mol. The fraction of sp³-hybridized carbons (Fsp3) is 0.667. The first-order valence-corrected chi connectivity index (χ1v) is 6.56. The van der Waals surface area contributed by atoms with Crippen LogP contribution in [0.1, 0.15) is 52.0 Å². The molecule has 0 spiro atoms. The van der Waals surface area contributed by atoms with E-state index in [1.807, 2.05) is 0 Å². The molecule has 6 heteroatoms. The molecule has 102 valence electrons. The number of H-pyrrole nitrogens is 1. The van der Waals surface area contributed by atoms with Crippen molar-refractivity contribution in [3.8, 4) is 0 Å². The van der Waals surface area contributed by atoms with Crippen LogP contribution in [0.3, 0.4) is 0 Å². The minimum absolute atomic E-state index is 0.329. The molecule has 1 N–H and O–H groups in total. The lowest BCUT2D eigenvalue weighted by Crippen LogP contribution is -2.39. The molecule has 0 saturated carbocycles. The third-order valence-corrected chi connectivity index (χ3v) is 3.21. The van der Waals surface area contributed by atoms with E-state index in [1.54, 1.807) is 6.92 Å². The molecular weight excluding hydrogens is 259 g/mol. The van der Waals surface area contributed by atoms with E-state index in [0.717, 1.165) is 30.3 Å². The predicted molar refractivity (Wildman–Crippen MR) is 69.8 cm³/mol. The van der Waals surface area contributed by atoms with Gasteiger partial charge in [0.2, 0.25) is 5.82 Å². The highest BCUT2D eigenvalue weighted by Gasteiger charge is 2.16. The van der Waals surface area contributed by atoms with Crippen molar-refractivity contribution in [3.63, 3.8) is 0 Å². The zero-order valence-electron chi connectivity index (χ0n) is 10.6. The molecular formula is C12H18ClFN2O2. The molecule has 0 amide bonds. The first-order chi connectivity index (χ1) is 8.49. The van der Waals surface area contributed by atoms with E-state index < -0.39 is 22.2 Å². The molecule has 1 rings (SSSR count). The van der Waals surface area contributed by atoms with Gasteiger partial charge in [0, 0.05) is 6.04 Å². The van der Waals surface area contributed by atoms with Crippen LogP contribution in [0.2, 0.25) is 5.15 Å². The van der Waals surface area contributed by atoms with E-state index in [1.165, 1.54) is 0 Å². The molecule has 0 saturated heterocycles. The predicted octanol–water partition coefficient (Wildman–Crippen LogP) is 2.86. The standard InChI is InChI=1S/C12H18ClFN2O2/c1-3-4-5-6-7-8(2)16-11(17)9(14)10(13)15-12(16)18/h8H,3-7H2,1-2H3,(H,15,18). The number of rotatable bonds is 6. The van der Waals surface area contributed by atoms with Gasteiger partial charge in [0.25, 0.3) is 5.56 Å². The molecule has 0 bridgehead atoms. The van der Waals surface area contributed by atoms with Crippen molar-refractivity contribution in [1.82, 2.24) is 9.55 Å². The van der Waals surface area contributed by atoms with Gasteiger partial charge in [-0.3, -0.25) is 14.3 Å². The smallest absolute Gasteiger partial charge is 0.295 e. The molecule has 0 aliphatic carbocycles. The summed E-state index contributed by atoms with van der Waals surface area (Å²) in [5.74, 6) is -1.10. The van der Waals surface area contributed by atoms with E-state index in [-0.39, 0.29) is 6.04 Å². The second kappa shape index (κ2) is 6.73. The highest BCUT2D eigenvalue weighted by molar-refractivity contribution is 6.29. The molecule has 1 aromatic rings. The molecule has 18 heavy (non-hydrogen) atoms. The number of aromatic amines is 1. The molecule has 4 nitrogen and oxygen atoms in total. The van der Waals surface area contributed by atoms with Crippen molar-refractivity contribution >= 4 is 11.6 Å². The highest BCUT2D eigenvalue weighted by atomic mass is 35.5. The van der Waals surface area contributed by atoms with Crippen LogP contribution in [-0.2, 0) is 0 Å². The van der Waals surface area contributed by atoms with Crippen LogP contribution >= 0.6 is 11.6 Å². The van der Waals surface area contributed by atoms with Gasteiger partial charge in [0.15, 0.2) is 5.15 Å². The Labute approximate surface area is 110 Å². The maximum absolute atomic E-state index is 13.3. The summed E-state index contributed by atoms with van der Waals surface area (Å²) in [5.41, 5.74) is -1.61. The SMILES string of the molecule is CCCCCCC(C)n1c(=O)[nH]c(Cl)c(F)c1=O. The summed E-state index contributed by atoms with van der Waals surface area (Å²) < 4.78 is 14.2. The third kappa shape index (κ3) is 3.45. The maximum atomic E-state index is 13.3. The minimum atomic E-state index is -1.10. The Morgan fingerprint density at radius 2 is 2.00 bits per heavy atom. The second-order valence-corrected chi connectivity index (χ2v) is 4.81. The lowest BCUT2D eigenvalue weighted by molar-refractivity contribution is 0.427. The molecule has 0 radical (unpaired) electrons. The largest absolute Gasteiger partial charge is 0.329 e. The van der Waals surface area contributed by atoms with Crippen molar-refractivity contribution in [2.24, 2.45) is 0 Å². The molecule has 1 heterocycles. The first kappa shape index (κ1) is 15.0. The maximum Gasteiger partial charge on any atom is 0.329 e. The number of aromatic nitrogens is 2. The Bertz CT molecular complexity index is 510. The van der Waals surface area contributed by atoms with E-state index in [2.05, 4.69) is 11.9 Å². The number of hydrogen-bond acceptors (Lipinski definition) is 2. The highest BCUT2D eigenvalue weighted by Crippen LogP contribution is 2.13. The summed E-state index contributed by atoms with van der Waals surface area (Å²) >= 11 is 5.40. The van der Waals surface area contributed by atoms with Crippen LogP contribution in [0.4, 0.5) is 4.39 Å². The number of nitrogens with zero attached hydrogens (tertiary/aromatic N) is 1. The fourth-order valence-electron chi connectivity index (χ4n) is 1.90. The first-order valence-electron chi connectivity index (χ1n) is 6.18. The van der Waals surface area contributed by atoms with Crippen molar-refractivity contribution < 1.29 is 4.39 Å². The van der Waals surface area contributed by atoms with Crippen molar-refractivity contribution in [3.05, 3.63) is 31.8 Å². The number of halogens is 2. The number of hydrogen-bond donors (Lipinski definition) is 1. The van der Waals surface area contributed by atoms with Gasteiger partial charge in [-0.15, -0.1) is 0 Å². The Hall–Kier alpha value is -1.10. The molecule has 1 atom stereocenters. The average Bonchev–Trinajstić information content (AvgIpc) is 2.32. The van der Waals surface area contributed by atoms with Gasteiger partial charge in [-0.1, -0.05) is 44.2 Å². The summed E-state index contributed by atoms with van der Waals surface area (Å²) in [7, 11) is 0. The molecule has 1 aromatic heterocycles. The zero-order valence-corrected chi connectivity index (χ0v) is 11.4.